The lowest BCUT2D eigenvalue weighted by Gasteiger charge is -2.08. The molecule has 0 aliphatic rings. The van der Waals surface area contributed by atoms with Crippen LogP contribution in [0.1, 0.15) is 27.8 Å². The molecular weight excluding hydrogens is 1480 g/mol. The Bertz CT molecular complexity index is 8030. The average molecular weight is 1570 g/mol. The van der Waals surface area contributed by atoms with Crippen LogP contribution in [-0.4, -0.2) is 22.2 Å². The van der Waals surface area contributed by atoms with Gasteiger partial charge in [-0.25, -0.2) is 17.9 Å². The van der Waals surface area contributed by atoms with E-state index < -0.39 is 0 Å². The molecule has 15 heteroatoms. The normalized spacial score (nSPS) is 11.8. The fraction of sp³-hybridized carbons (Fsp3) is 0.0952. The number of aryl methyl sites for hydroxylation is 10. The third-order valence-corrected chi connectivity index (χ3v) is 24.1. The van der Waals surface area contributed by atoms with Crippen LogP contribution in [-0.2, 0) is 35.2 Å². The molecule has 10 aromatic carbocycles. The third kappa shape index (κ3) is 12.1. The standard InChI is InChI=1S/5C21H17N2O/c1-14-10-11-17-16-7-3-4-9-19(16)24-21(17)20(14)18-8-5-6-15-12-13-22(2)23(15)18;1-14-9-11-17-16-7-3-4-8-19(16)24-21(17)20(14)18-12-10-15-6-5-13-23(15)22(18)2;1-14-9-10-17-16-7-3-4-8-19(16)24-21(17)20(14)18-13-23-11-5-6-15(23)12-22(18)2;1-14-9-10-17-16-7-3-4-8-19(16)24-21(17)20(14)18-12-15-6-5-11-23(15)13-22(18)2;1-14-12-20-17(15-6-3-4-7-19(15)24-20)13-16(14)18-9-11-23-10-5-8-21(23)22(18)2/h5*3-13H,1-2H3/q5*+1. The molecule has 0 saturated carbocycles. The van der Waals surface area contributed by atoms with Crippen LogP contribution in [0.3, 0.4) is 0 Å². The fourth-order valence-corrected chi connectivity index (χ4v) is 18.0. The van der Waals surface area contributed by atoms with Gasteiger partial charge in [-0.3, -0.25) is 0 Å². The number of aromatic nitrogens is 10. The molecule has 120 heavy (non-hydrogen) atoms. The quantitative estimate of drug-likeness (QED) is 0.160. The average Bonchev–Trinajstić information content (AvgIpc) is 1.59. The maximum atomic E-state index is 6.26. The zero-order valence-corrected chi connectivity index (χ0v) is 68.3. The van der Waals surface area contributed by atoms with Crippen molar-refractivity contribution in [2.24, 2.45) is 35.2 Å². The maximum absolute atomic E-state index is 6.26. The first-order valence-electron chi connectivity index (χ1n) is 40.5. The molecule has 0 aliphatic carbocycles. The summed E-state index contributed by atoms with van der Waals surface area (Å²) in [5, 5.41) is 11.7. The largest absolute Gasteiger partial charge is 0.456 e. The van der Waals surface area contributed by atoms with Crippen LogP contribution < -0.4 is 23.1 Å². The second-order valence-corrected chi connectivity index (χ2v) is 31.5. The van der Waals surface area contributed by atoms with Gasteiger partial charge in [-0.15, -0.1) is 18.4 Å². The van der Waals surface area contributed by atoms with Gasteiger partial charge < -0.3 is 26.5 Å². The summed E-state index contributed by atoms with van der Waals surface area (Å²) in [6.07, 6.45) is 18.9. The van der Waals surface area contributed by atoms with Crippen molar-refractivity contribution >= 4 is 137 Å². The van der Waals surface area contributed by atoms with Crippen molar-refractivity contribution < 1.29 is 45.2 Å². The summed E-state index contributed by atoms with van der Waals surface area (Å²) < 4.78 is 52.6. The summed E-state index contributed by atoms with van der Waals surface area (Å²) >= 11 is 0. The first-order valence-corrected chi connectivity index (χ1v) is 40.5. The summed E-state index contributed by atoms with van der Waals surface area (Å²) in [5.41, 5.74) is 33.0. The molecule has 15 aromatic heterocycles. The Labute approximate surface area is 689 Å². The van der Waals surface area contributed by atoms with Crippen LogP contribution in [0.25, 0.3) is 194 Å². The summed E-state index contributed by atoms with van der Waals surface area (Å²) in [7, 11) is 10.4. The highest BCUT2D eigenvalue weighted by atomic mass is 16.3. The maximum Gasteiger partial charge on any atom is 0.286 e. The second kappa shape index (κ2) is 28.8. The van der Waals surface area contributed by atoms with E-state index in [0.29, 0.717) is 0 Å². The topological polar surface area (TPSA) is 107 Å². The van der Waals surface area contributed by atoms with Gasteiger partial charge in [0.05, 0.1) is 61.1 Å². The Kier molecular flexibility index (Phi) is 17.4. The molecule has 0 N–H and O–H groups in total. The van der Waals surface area contributed by atoms with Crippen LogP contribution in [0.15, 0.2) is 357 Å². The lowest BCUT2D eigenvalue weighted by Crippen LogP contribution is -2.39. The first kappa shape index (κ1) is 72.4. The highest BCUT2D eigenvalue weighted by Gasteiger charge is 2.27. The molecule has 0 bridgehead atoms. The molecule has 15 heterocycles. The van der Waals surface area contributed by atoms with Gasteiger partial charge in [0, 0.05) is 96.0 Å². The van der Waals surface area contributed by atoms with E-state index in [9.17, 15) is 0 Å². The van der Waals surface area contributed by atoms with Gasteiger partial charge in [0.1, 0.15) is 108 Å². The van der Waals surface area contributed by atoms with E-state index in [2.05, 4.69) is 389 Å². The first-order chi connectivity index (χ1) is 58.6. The highest BCUT2D eigenvalue weighted by molar-refractivity contribution is 6.14. The Balaban J connectivity index is 0.0000000928. The number of benzene rings is 10. The fourth-order valence-electron chi connectivity index (χ4n) is 18.0. The number of pyridine rings is 1. The van der Waals surface area contributed by atoms with Crippen LogP contribution in [0.2, 0.25) is 0 Å². The van der Waals surface area contributed by atoms with Crippen LogP contribution in [0.4, 0.5) is 0 Å². The van der Waals surface area contributed by atoms with Gasteiger partial charge in [0.15, 0.2) is 26.5 Å². The van der Waals surface area contributed by atoms with Crippen LogP contribution in [0, 0.1) is 34.6 Å². The monoisotopic (exact) mass is 1570 g/mol. The van der Waals surface area contributed by atoms with Gasteiger partial charge in [-0.1, -0.05) is 146 Å². The number of fused-ring (bicyclic) bond motifs is 20. The SMILES string of the molecule is Cc1cc2oc3ccccc3c2cc1-c1ccn2cccc2[n+]1C.Cc1ccc2c(oc3ccccc32)c1-c1cc2cccn2c[n+]1C.Cc1ccc2c(oc3ccccc32)c1-c1ccc2cccn2[n+]1C.Cc1ccc2c(oc3ccccc32)c1-c1cccc2cc[n+](C)n12.Cc1ccc2c(oc3ccccc32)c1-c1cn2cccc2c[n+]1C. The van der Waals surface area contributed by atoms with Crippen molar-refractivity contribution in [3.05, 3.63) is 363 Å². The van der Waals surface area contributed by atoms with Crippen molar-refractivity contribution in [3.63, 3.8) is 0 Å². The molecule has 0 saturated heterocycles. The van der Waals surface area contributed by atoms with Crippen LogP contribution in [0.5, 0.6) is 0 Å². The lowest BCUT2D eigenvalue weighted by molar-refractivity contribution is -0.736. The molecule has 0 unspecified atom stereocenters. The van der Waals surface area contributed by atoms with Gasteiger partial charge in [0.25, 0.3) is 5.65 Å². The zero-order valence-electron chi connectivity index (χ0n) is 68.3. The third-order valence-electron chi connectivity index (χ3n) is 24.1. The molecule has 25 rings (SSSR count). The Morgan fingerprint density at radius 2 is 0.758 bits per heavy atom. The molecule has 580 valence electrons. The van der Waals surface area contributed by atoms with Gasteiger partial charge in [-0.05, 0) is 166 Å². The predicted octanol–water partition coefficient (Wildman–Crippen LogP) is 23.2. The number of rotatable bonds is 5. The van der Waals surface area contributed by atoms with E-state index in [1.54, 1.807) is 0 Å². The molecule has 0 amide bonds. The van der Waals surface area contributed by atoms with Gasteiger partial charge in [-0.2, -0.15) is 4.57 Å². The van der Waals surface area contributed by atoms with E-state index in [1.165, 1.54) is 110 Å². The predicted molar refractivity (Wildman–Crippen MR) is 480 cm³/mol. The zero-order chi connectivity index (χ0) is 81.3. The van der Waals surface area contributed by atoms with Crippen molar-refractivity contribution in [2.45, 2.75) is 34.6 Å². The number of nitrogens with zero attached hydrogens (tertiary/aromatic N) is 10. The van der Waals surface area contributed by atoms with Gasteiger partial charge in [0.2, 0.25) is 17.7 Å². The summed E-state index contributed by atoms with van der Waals surface area (Å²) in [6.45, 7) is 10.7. The number of hydrogen-bond acceptors (Lipinski definition) is 5. The van der Waals surface area contributed by atoms with E-state index >= 15 is 0 Å². The molecule has 0 atom stereocenters. The highest BCUT2D eigenvalue weighted by Crippen LogP contribution is 2.43. The molecule has 0 radical (unpaired) electrons. The summed E-state index contributed by atoms with van der Waals surface area (Å²) in [6, 6.07) is 96.8. The minimum atomic E-state index is 0.934. The Hall–Kier alpha value is -15.4. The molecule has 0 aliphatic heterocycles. The number of para-hydroxylation sites is 5. The second-order valence-electron chi connectivity index (χ2n) is 31.5. The van der Waals surface area contributed by atoms with Gasteiger partial charge >= 0.3 is 0 Å². The Morgan fingerprint density at radius 3 is 1.35 bits per heavy atom. The molecule has 15 nitrogen and oxygen atoms in total. The lowest BCUT2D eigenvalue weighted by atomic mass is 10.0. The smallest absolute Gasteiger partial charge is 0.286 e. The number of furan rings is 5. The van der Waals surface area contributed by atoms with E-state index in [4.69, 9.17) is 22.1 Å². The molecular formula is C105H85N10O5+5. The van der Waals surface area contributed by atoms with Crippen LogP contribution >= 0.6 is 0 Å². The van der Waals surface area contributed by atoms with Crippen molar-refractivity contribution in [1.82, 2.24) is 22.2 Å². The van der Waals surface area contributed by atoms with E-state index in [0.717, 1.165) is 112 Å². The van der Waals surface area contributed by atoms with Crippen molar-refractivity contribution in [1.29, 1.82) is 0 Å². The Morgan fingerprint density at radius 1 is 0.283 bits per heavy atom. The van der Waals surface area contributed by atoms with E-state index in [-0.39, 0.29) is 0 Å². The van der Waals surface area contributed by atoms with E-state index in [1.807, 2.05) is 60.7 Å². The molecule has 25 aromatic rings. The summed E-state index contributed by atoms with van der Waals surface area (Å²) in [4.78, 5) is 0. The molecule has 0 fully saturated rings. The minimum Gasteiger partial charge on any atom is -0.456 e. The molecule has 0 spiro atoms. The number of hydrogen-bond donors (Lipinski definition) is 0. The minimum absolute atomic E-state index is 0.934. The van der Waals surface area contributed by atoms with Crippen molar-refractivity contribution in [2.75, 3.05) is 0 Å². The summed E-state index contributed by atoms with van der Waals surface area (Å²) in [5.74, 6) is 0. The van der Waals surface area contributed by atoms with Crippen molar-refractivity contribution in [3.8, 4) is 56.3 Å².